The zero-order valence-electron chi connectivity index (χ0n) is 19.2. The number of methoxy groups -OCH3 is 1. The number of hydrogen-bond donors (Lipinski definition) is 2. The molecule has 1 aromatic carbocycles. The summed E-state index contributed by atoms with van der Waals surface area (Å²) in [5.41, 5.74) is 2.16. The van der Waals surface area contributed by atoms with E-state index in [4.69, 9.17) is 9.26 Å². The van der Waals surface area contributed by atoms with Gasteiger partial charge in [0.1, 0.15) is 12.3 Å². The fourth-order valence-corrected chi connectivity index (χ4v) is 3.51. The molecule has 1 unspecified atom stereocenters. The average molecular weight is 416 g/mol. The van der Waals surface area contributed by atoms with Crippen LogP contribution in [0.15, 0.2) is 39.8 Å². The lowest BCUT2D eigenvalue weighted by atomic mass is 9.99. The van der Waals surface area contributed by atoms with Crippen LogP contribution >= 0.6 is 0 Å². The summed E-state index contributed by atoms with van der Waals surface area (Å²) in [5.74, 6) is 2.86. The first-order chi connectivity index (χ1) is 14.5. The van der Waals surface area contributed by atoms with E-state index in [-0.39, 0.29) is 6.04 Å². The fourth-order valence-electron chi connectivity index (χ4n) is 3.51. The van der Waals surface area contributed by atoms with Crippen LogP contribution < -0.4 is 15.4 Å². The largest absolute Gasteiger partial charge is 0.496 e. The van der Waals surface area contributed by atoms with Crippen LogP contribution in [0.25, 0.3) is 0 Å². The maximum absolute atomic E-state index is 5.56. The van der Waals surface area contributed by atoms with Crippen LogP contribution in [0.1, 0.15) is 62.6 Å². The standard InChI is InChI=1S/C23H37N5O2/c1-7-17(8-2)20-14-18(30-27-20)15-25-23(24-9-3)26-16-21(28(4)5)19-12-10-11-13-22(19)29-6/h10-14,17,21H,7-9,15-16H2,1-6H3,(H2,24,25,26). The molecule has 1 aromatic heterocycles. The van der Waals surface area contributed by atoms with Gasteiger partial charge in [-0.05, 0) is 39.9 Å². The molecule has 2 aromatic rings. The highest BCUT2D eigenvalue weighted by molar-refractivity contribution is 5.79. The third-order valence-corrected chi connectivity index (χ3v) is 5.30. The Morgan fingerprint density at radius 3 is 2.53 bits per heavy atom. The van der Waals surface area contributed by atoms with Crippen LogP contribution in [0.5, 0.6) is 5.75 Å². The first-order valence-corrected chi connectivity index (χ1v) is 10.8. The summed E-state index contributed by atoms with van der Waals surface area (Å²) in [6, 6.07) is 10.3. The summed E-state index contributed by atoms with van der Waals surface area (Å²) < 4.78 is 11.1. The molecule has 7 heteroatoms. The van der Waals surface area contributed by atoms with Crippen molar-refractivity contribution in [2.45, 2.75) is 52.1 Å². The lowest BCUT2D eigenvalue weighted by Crippen LogP contribution is -2.41. The highest BCUT2D eigenvalue weighted by Crippen LogP contribution is 2.27. The van der Waals surface area contributed by atoms with Gasteiger partial charge in [-0.2, -0.15) is 0 Å². The maximum Gasteiger partial charge on any atom is 0.191 e. The van der Waals surface area contributed by atoms with Gasteiger partial charge in [0.15, 0.2) is 11.7 Å². The number of nitrogens with zero attached hydrogens (tertiary/aromatic N) is 3. The number of nitrogens with one attached hydrogen (secondary N) is 2. The fraction of sp³-hybridized carbons (Fsp3) is 0.565. The molecule has 0 saturated carbocycles. The third-order valence-electron chi connectivity index (χ3n) is 5.30. The number of rotatable bonds is 11. The zero-order chi connectivity index (χ0) is 21.9. The Kier molecular flexibility index (Phi) is 9.67. The van der Waals surface area contributed by atoms with E-state index in [1.165, 1.54) is 0 Å². The smallest absolute Gasteiger partial charge is 0.191 e. The normalized spacial score (nSPS) is 13.0. The summed E-state index contributed by atoms with van der Waals surface area (Å²) in [6.07, 6.45) is 2.12. The van der Waals surface area contributed by atoms with Crippen LogP contribution in [0, 0.1) is 0 Å². The molecule has 0 spiro atoms. The quantitative estimate of drug-likeness (QED) is 0.428. The molecule has 1 atom stereocenters. The molecule has 166 valence electrons. The number of aliphatic imine (C=N–C) groups is 1. The van der Waals surface area contributed by atoms with Crippen molar-refractivity contribution < 1.29 is 9.26 Å². The number of hydrogen-bond acceptors (Lipinski definition) is 5. The zero-order valence-corrected chi connectivity index (χ0v) is 19.2. The first kappa shape index (κ1) is 23.7. The number of ether oxygens (including phenoxy) is 1. The number of likely N-dealkylation sites (N-methyl/N-ethyl adjacent to an activating group) is 1. The predicted molar refractivity (Wildman–Crippen MR) is 122 cm³/mol. The SMILES string of the molecule is CCNC(=NCc1cc(C(CC)CC)no1)NCC(c1ccccc1OC)N(C)C. The van der Waals surface area contributed by atoms with Crippen LogP contribution in [-0.2, 0) is 6.54 Å². The van der Waals surface area contributed by atoms with Crippen molar-refractivity contribution >= 4 is 5.96 Å². The van der Waals surface area contributed by atoms with Crippen LogP contribution in [-0.4, -0.2) is 50.3 Å². The van der Waals surface area contributed by atoms with Crippen molar-refractivity contribution in [2.24, 2.45) is 4.99 Å². The van der Waals surface area contributed by atoms with Gasteiger partial charge in [0.05, 0.1) is 18.8 Å². The van der Waals surface area contributed by atoms with Gasteiger partial charge in [-0.3, -0.25) is 0 Å². The molecule has 0 aliphatic rings. The molecule has 0 aliphatic carbocycles. The topological polar surface area (TPSA) is 74.9 Å². The Hall–Kier alpha value is -2.54. The van der Waals surface area contributed by atoms with Gasteiger partial charge in [-0.1, -0.05) is 37.2 Å². The number of guanidine groups is 1. The molecule has 2 N–H and O–H groups in total. The van der Waals surface area contributed by atoms with E-state index in [0.29, 0.717) is 19.0 Å². The Balaban J connectivity index is 2.08. The molecular weight excluding hydrogens is 378 g/mol. The minimum Gasteiger partial charge on any atom is -0.496 e. The lowest BCUT2D eigenvalue weighted by Gasteiger charge is -2.27. The van der Waals surface area contributed by atoms with Crippen molar-refractivity contribution in [3.8, 4) is 5.75 Å². The van der Waals surface area contributed by atoms with Gasteiger partial charge >= 0.3 is 0 Å². The summed E-state index contributed by atoms with van der Waals surface area (Å²) in [5, 5.41) is 11.0. The average Bonchev–Trinajstić information content (AvgIpc) is 3.21. The number of aromatic nitrogens is 1. The molecular formula is C23H37N5O2. The van der Waals surface area contributed by atoms with Crippen LogP contribution in [0.2, 0.25) is 0 Å². The van der Waals surface area contributed by atoms with Crippen LogP contribution in [0.4, 0.5) is 0 Å². The summed E-state index contributed by atoms with van der Waals surface area (Å²) >= 11 is 0. The van der Waals surface area contributed by atoms with E-state index in [9.17, 15) is 0 Å². The van der Waals surface area contributed by atoms with E-state index in [1.54, 1.807) is 7.11 Å². The van der Waals surface area contributed by atoms with E-state index < -0.39 is 0 Å². The lowest BCUT2D eigenvalue weighted by molar-refractivity contribution is 0.287. The molecule has 0 bridgehead atoms. The van der Waals surface area contributed by atoms with Crippen molar-refractivity contribution in [3.05, 3.63) is 47.3 Å². The van der Waals surface area contributed by atoms with Crippen LogP contribution in [0.3, 0.4) is 0 Å². The van der Waals surface area contributed by atoms with Crippen molar-refractivity contribution in [2.75, 3.05) is 34.3 Å². The maximum atomic E-state index is 5.56. The van der Waals surface area contributed by atoms with Crippen molar-refractivity contribution in [3.63, 3.8) is 0 Å². The minimum atomic E-state index is 0.136. The Bertz CT molecular complexity index is 783. The Morgan fingerprint density at radius 1 is 1.17 bits per heavy atom. The third kappa shape index (κ3) is 6.49. The number of benzene rings is 1. The molecule has 0 saturated heterocycles. The van der Waals surface area contributed by atoms with Gasteiger partial charge in [-0.25, -0.2) is 4.99 Å². The summed E-state index contributed by atoms with van der Waals surface area (Å²) in [4.78, 5) is 6.86. The monoisotopic (exact) mass is 415 g/mol. The highest BCUT2D eigenvalue weighted by atomic mass is 16.5. The molecule has 0 radical (unpaired) electrons. The summed E-state index contributed by atoms with van der Waals surface area (Å²) in [6.45, 7) is 8.33. The summed E-state index contributed by atoms with van der Waals surface area (Å²) in [7, 11) is 5.84. The van der Waals surface area contributed by atoms with Gasteiger partial charge in [0, 0.05) is 30.6 Å². The number of para-hydroxylation sites is 1. The molecule has 30 heavy (non-hydrogen) atoms. The van der Waals surface area contributed by atoms with E-state index in [2.05, 4.69) is 66.6 Å². The predicted octanol–water partition coefficient (Wildman–Crippen LogP) is 3.94. The van der Waals surface area contributed by atoms with E-state index in [0.717, 1.165) is 48.1 Å². The molecule has 7 nitrogen and oxygen atoms in total. The Labute approximate surface area is 180 Å². The highest BCUT2D eigenvalue weighted by Gasteiger charge is 2.19. The molecule has 2 rings (SSSR count). The van der Waals surface area contributed by atoms with E-state index >= 15 is 0 Å². The van der Waals surface area contributed by atoms with Crippen molar-refractivity contribution in [1.82, 2.24) is 20.7 Å². The van der Waals surface area contributed by atoms with Crippen molar-refractivity contribution in [1.29, 1.82) is 0 Å². The molecule has 0 amide bonds. The molecule has 1 heterocycles. The van der Waals surface area contributed by atoms with E-state index in [1.807, 2.05) is 24.3 Å². The van der Waals surface area contributed by atoms with Gasteiger partial charge in [0.2, 0.25) is 0 Å². The molecule has 0 fully saturated rings. The second kappa shape index (κ2) is 12.2. The molecule has 0 aliphatic heterocycles. The second-order valence-electron chi connectivity index (χ2n) is 7.53. The first-order valence-electron chi connectivity index (χ1n) is 10.8. The van der Waals surface area contributed by atoms with Gasteiger partial charge < -0.3 is 24.8 Å². The van der Waals surface area contributed by atoms with Gasteiger partial charge in [0.25, 0.3) is 0 Å². The Morgan fingerprint density at radius 2 is 1.90 bits per heavy atom. The second-order valence-corrected chi connectivity index (χ2v) is 7.53. The minimum absolute atomic E-state index is 0.136. The van der Waals surface area contributed by atoms with Gasteiger partial charge in [-0.15, -0.1) is 0 Å².